The monoisotopic (exact) mass is 258 g/mol. The fourth-order valence-electron chi connectivity index (χ4n) is 1.96. The van der Waals surface area contributed by atoms with Crippen LogP contribution in [0.2, 0.25) is 0 Å². The molecule has 1 N–H and O–H groups in total. The third-order valence-electron chi connectivity index (χ3n) is 2.97. The number of nitrogens with zero attached hydrogens (tertiary/aromatic N) is 1. The van der Waals surface area contributed by atoms with Crippen molar-refractivity contribution in [3.8, 4) is 0 Å². The molecule has 0 atom stereocenters. The molecule has 1 saturated heterocycles. The number of nitrogens with one attached hydrogen (secondary N) is 1. The second kappa shape index (κ2) is 11.9. The molecule has 1 rings (SSSR count). The zero-order valence-electron chi connectivity index (χ0n) is 13.2. The standard InChI is InChI=1S/C10H21NO.C5H13N/c1-10(2)4-3-5-11-6-8-12-9-7-11;1-5(2)4-6-3/h10H,3-9H2,1-2H3;5-6H,4H2,1-3H3. The van der Waals surface area contributed by atoms with Gasteiger partial charge in [0.15, 0.2) is 0 Å². The van der Waals surface area contributed by atoms with Crippen molar-refractivity contribution in [1.82, 2.24) is 10.2 Å². The molecule has 0 bridgehead atoms. The van der Waals surface area contributed by atoms with Crippen molar-refractivity contribution in [2.24, 2.45) is 11.8 Å². The van der Waals surface area contributed by atoms with Crippen molar-refractivity contribution in [3.63, 3.8) is 0 Å². The van der Waals surface area contributed by atoms with Crippen LogP contribution in [0.1, 0.15) is 40.5 Å². The molecule has 0 aromatic heterocycles. The van der Waals surface area contributed by atoms with Gasteiger partial charge in [-0.05, 0) is 44.8 Å². The number of ether oxygens (including phenoxy) is 1. The van der Waals surface area contributed by atoms with E-state index >= 15 is 0 Å². The van der Waals surface area contributed by atoms with E-state index in [1.165, 1.54) is 19.4 Å². The fraction of sp³-hybridized carbons (Fsp3) is 1.00. The zero-order chi connectivity index (χ0) is 13.8. The summed E-state index contributed by atoms with van der Waals surface area (Å²) >= 11 is 0. The van der Waals surface area contributed by atoms with Gasteiger partial charge < -0.3 is 10.1 Å². The Morgan fingerprint density at radius 1 is 1.06 bits per heavy atom. The van der Waals surface area contributed by atoms with Gasteiger partial charge in [-0.3, -0.25) is 4.90 Å². The Kier molecular flexibility index (Phi) is 11.9. The molecular weight excluding hydrogens is 224 g/mol. The Morgan fingerprint density at radius 2 is 1.67 bits per heavy atom. The van der Waals surface area contributed by atoms with Crippen LogP contribution in [0, 0.1) is 11.8 Å². The lowest BCUT2D eigenvalue weighted by Crippen LogP contribution is -2.36. The van der Waals surface area contributed by atoms with Crippen molar-refractivity contribution in [2.45, 2.75) is 40.5 Å². The molecule has 0 aliphatic carbocycles. The highest BCUT2D eigenvalue weighted by Crippen LogP contribution is 2.05. The summed E-state index contributed by atoms with van der Waals surface area (Å²) in [6.07, 6.45) is 2.70. The van der Waals surface area contributed by atoms with Crippen LogP contribution in [-0.2, 0) is 4.74 Å². The largest absolute Gasteiger partial charge is 0.379 e. The molecule has 3 nitrogen and oxygen atoms in total. The summed E-state index contributed by atoms with van der Waals surface area (Å²) in [5.74, 6) is 1.64. The normalized spacial score (nSPS) is 16.8. The first kappa shape index (κ1) is 17.9. The fourth-order valence-corrected chi connectivity index (χ4v) is 1.96. The highest BCUT2D eigenvalue weighted by molar-refractivity contribution is 4.61. The van der Waals surface area contributed by atoms with Crippen LogP contribution in [0.25, 0.3) is 0 Å². The van der Waals surface area contributed by atoms with Crippen LogP contribution in [0.15, 0.2) is 0 Å². The van der Waals surface area contributed by atoms with Crippen molar-refractivity contribution in [2.75, 3.05) is 46.4 Å². The van der Waals surface area contributed by atoms with Crippen molar-refractivity contribution >= 4 is 0 Å². The molecule has 0 unspecified atom stereocenters. The van der Waals surface area contributed by atoms with E-state index in [1.54, 1.807) is 0 Å². The van der Waals surface area contributed by atoms with E-state index in [4.69, 9.17) is 4.74 Å². The molecule has 0 amide bonds. The summed E-state index contributed by atoms with van der Waals surface area (Å²) < 4.78 is 5.29. The predicted octanol–water partition coefficient (Wildman–Crippen LogP) is 2.62. The second-order valence-electron chi connectivity index (χ2n) is 5.94. The topological polar surface area (TPSA) is 24.5 Å². The third kappa shape index (κ3) is 12.3. The molecule has 1 heterocycles. The molecular formula is C15H34N2O. The number of rotatable bonds is 6. The number of morpholine rings is 1. The first-order valence-corrected chi connectivity index (χ1v) is 7.51. The van der Waals surface area contributed by atoms with Gasteiger partial charge in [0.2, 0.25) is 0 Å². The Morgan fingerprint density at radius 3 is 2.06 bits per heavy atom. The molecule has 0 spiro atoms. The first-order valence-electron chi connectivity index (χ1n) is 7.51. The average molecular weight is 258 g/mol. The Hall–Kier alpha value is -0.120. The molecule has 3 heteroatoms. The summed E-state index contributed by atoms with van der Waals surface area (Å²) in [7, 11) is 1.97. The van der Waals surface area contributed by atoms with E-state index in [0.29, 0.717) is 0 Å². The molecule has 0 radical (unpaired) electrons. The summed E-state index contributed by atoms with van der Waals surface area (Å²) in [4.78, 5) is 2.51. The maximum absolute atomic E-state index is 5.29. The number of hydrogen-bond acceptors (Lipinski definition) is 3. The summed E-state index contributed by atoms with van der Waals surface area (Å²) in [5.41, 5.74) is 0. The van der Waals surface area contributed by atoms with E-state index in [-0.39, 0.29) is 0 Å². The Labute approximate surface area is 114 Å². The number of hydrogen-bond donors (Lipinski definition) is 1. The van der Waals surface area contributed by atoms with Gasteiger partial charge in [-0.1, -0.05) is 27.7 Å². The van der Waals surface area contributed by atoms with Crippen LogP contribution in [0.3, 0.4) is 0 Å². The average Bonchev–Trinajstić information content (AvgIpc) is 2.30. The minimum atomic E-state index is 0.787. The maximum Gasteiger partial charge on any atom is 0.0594 e. The summed E-state index contributed by atoms with van der Waals surface area (Å²) in [6.45, 7) is 15.5. The van der Waals surface area contributed by atoms with Gasteiger partial charge in [0.05, 0.1) is 13.2 Å². The summed E-state index contributed by atoms with van der Waals surface area (Å²) in [6, 6.07) is 0. The molecule has 110 valence electrons. The molecule has 1 fully saturated rings. The predicted molar refractivity (Wildman–Crippen MR) is 80.1 cm³/mol. The Bertz CT molecular complexity index is 166. The van der Waals surface area contributed by atoms with Crippen LogP contribution in [0.4, 0.5) is 0 Å². The molecule has 1 aliphatic rings. The van der Waals surface area contributed by atoms with Crippen LogP contribution < -0.4 is 5.32 Å². The van der Waals surface area contributed by atoms with E-state index in [2.05, 4.69) is 37.9 Å². The second-order valence-corrected chi connectivity index (χ2v) is 5.94. The van der Waals surface area contributed by atoms with Crippen LogP contribution in [-0.4, -0.2) is 51.3 Å². The smallest absolute Gasteiger partial charge is 0.0594 e. The van der Waals surface area contributed by atoms with Gasteiger partial charge >= 0.3 is 0 Å². The van der Waals surface area contributed by atoms with Crippen molar-refractivity contribution in [1.29, 1.82) is 0 Å². The van der Waals surface area contributed by atoms with Gasteiger partial charge in [0, 0.05) is 13.1 Å². The minimum absolute atomic E-state index is 0.787. The van der Waals surface area contributed by atoms with Gasteiger partial charge in [-0.15, -0.1) is 0 Å². The van der Waals surface area contributed by atoms with Crippen molar-refractivity contribution in [3.05, 3.63) is 0 Å². The van der Waals surface area contributed by atoms with E-state index in [1.807, 2.05) is 7.05 Å². The third-order valence-corrected chi connectivity index (χ3v) is 2.97. The lowest BCUT2D eigenvalue weighted by molar-refractivity contribution is 0.0368. The zero-order valence-corrected chi connectivity index (χ0v) is 13.2. The van der Waals surface area contributed by atoms with Gasteiger partial charge in [0.1, 0.15) is 0 Å². The lowest BCUT2D eigenvalue weighted by Gasteiger charge is -2.26. The summed E-state index contributed by atoms with van der Waals surface area (Å²) in [5, 5.41) is 3.07. The van der Waals surface area contributed by atoms with E-state index < -0.39 is 0 Å². The highest BCUT2D eigenvalue weighted by atomic mass is 16.5. The molecule has 1 aliphatic heterocycles. The maximum atomic E-state index is 5.29. The van der Waals surface area contributed by atoms with Gasteiger partial charge in [0.25, 0.3) is 0 Å². The molecule has 0 aromatic rings. The van der Waals surface area contributed by atoms with Crippen LogP contribution >= 0.6 is 0 Å². The van der Waals surface area contributed by atoms with E-state index in [0.717, 1.165) is 44.7 Å². The van der Waals surface area contributed by atoms with E-state index in [9.17, 15) is 0 Å². The highest BCUT2D eigenvalue weighted by Gasteiger charge is 2.09. The first-order chi connectivity index (χ1) is 8.56. The molecule has 0 aromatic carbocycles. The van der Waals surface area contributed by atoms with Gasteiger partial charge in [-0.25, -0.2) is 0 Å². The van der Waals surface area contributed by atoms with Gasteiger partial charge in [-0.2, -0.15) is 0 Å². The van der Waals surface area contributed by atoms with Crippen molar-refractivity contribution < 1.29 is 4.74 Å². The SMILES string of the molecule is CC(C)CCCN1CCOCC1.CNCC(C)C. The Balaban J connectivity index is 0.000000411. The van der Waals surface area contributed by atoms with Crippen LogP contribution in [0.5, 0.6) is 0 Å². The quantitative estimate of drug-likeness (QED) is 0.792. The lowest BCUT2D eigenvalue weighted by atomic mass is 10.1. The molecule has 0 saturated carbocycles. The molecule has 18 heavy (non-hydrogen) atoms. The minimum Gasteiger partial charge on any atom is -0.379 e.